The first-order chi connectivity index (χ1) is 8.22. The molecule has 0 saturated heterocycles. The molecule has 4 nitrogen and oxygen atoms in total. The summed E-state index contributed by atoms with van der Waals surface area (Å²) in [5.74, 6) is 0.773. The highest BCUT2D eigenvalue weighted by molar-refractivity contribution is 5.61. The Labute approximate surface area is 101 Å². The molecule has 0 aliphatic rings. The molecule has 2 N–H and O–H groups in total. The van der Waals surface area contributed by atoms with Gasteiger partial charge in [0.2, 0.25) is 0 Å². The van der Waals surface area contributed by atoms with Crippen LogP contribution in [0.25, 0.3) is 5.69 Å². The average molecular weight is 231 g/mol. The highest BCUT2D eigenvalue weighted by atomic mass is 16.5. The first kappa shape index (κ1) is 11.5. The number of rotatable bonds is 4. The molecule has 2 rings (SSSR count). The number of nitrogens with two attached hydrogens (primary N) is 1. The highest BCUT2D eigenvalue weighted by Crippen LogP contribution is 2.22. The van der Waals surface area contributed by atoms with E-state index in [9.17, 15) is 0 Å². The third-order valence-corrected chi connectivity index (χ3v) is 2.53. The van der Waals surface area contributed by atoms with Crippen molar-refractivity contribution in [2.24, 2.45) is 0 Å². The minimum atomic E-state index is 0.703. The minimum Gasteiger partial charge on any atom is -0.490 e. The Morgan fingerprint density at radius 2 is 2.24 bits per heavy atom. The van der Waals surface area contributed by atoms with Gasteiger partial charge in [-0.2, -0.15) is 5.10 Å². The molecule has 1 heterocycles. The van der Waals surface area contributed by atoms with Gasteiger partial charge in [0.1, 0.15) is 0 Å². The maximum atomic E-state index is 5.96. The molecule has 0 amide bonds. The summed E-state index contributed by atoms with van der Waals surface area (Å²) in [4.78, 5) is 0. The summed E-state index contributed by atoms with van der Waals surface area (Å²) in [6, 6.07) is 5.82. The van der Waals surface area contributed by atoms with Crippen molar-refractivity contribution in [2.75, 3.05) is 12.3 Å². The molecule has 0 radical (unpaired) electrons. The van der Waals surface area contributed by atoms with Crippen molar-refractivity contribution in [1.82, 2.24) is 9.78 Å². The summed E-state index contributed by atoms with van der Waals surface area (Å²) in [5, 5.41) is 4.27. The highest BCUT2D eigenvalue weighted by Gasteiger charge is 2.07. The van der Waals surface area contributed by atoms with Crippen LogP contribution in [-0.2, 0) is 0 Å². The molecule has 0 fully saturated rings. The van der Waals surface area contributed by atoms with Gasteiger partial charge in [0.25, 0.3) is 0 Å². The second-order valence-electron chi connectivity index (χ2n) is 3.98. The summed E-state index contributed by atoms with van der Waals surface area (Å²) < 4.78 is 7.27. The number of hydrogen-bond acceptors (Lipinski definition) is 3. The molecule has 0 saturated carbocycles. The molecule has 1 aromatic carbocycles. The van der Waals surface area contributed by atoms with Gasteiger partial charge in [-0.3, -0.25) is 0 Å². The molecule has 0 bridgehead atoms. The predicted molar refractivity (Wildman–Crippen MR) is 68.5 cm³/mol. The maximum absolute atomic E-state index is 5.96. The first-order valence-corrected chi connectivity index (χ1v) is 5.75. The number of nitrogen functional groups attached to an aromatic ring is 1. The molecule has 0 unspecified atom stereocenters. The maximum Gasteiger partial charge on any atom is 0.157 e. The molecule has 2 aromatic rings. The lowest BCUT2D eigenvalue weighted by atomic mass is 10.2. The molecule has 90 valence electrons. The number of anilines is 1. The number of hydrogen-bond donors (Lipinski definition) is 1. The van der Waals surface area contributed by atoms with Crippen LogP contribution in [0.2, 0.25) is 0 Å². The normalized spacial score (nSPS) is 10.5. The molecule has 17 heavy (non-hydrogen) atoms. The van der Waals surface area contributed by atoms with Crippen LogP contribution in [0, 0.1) is 6.92 Å². The van der Waals surface area contributed by atoms with Crippen LogP contribution < -0.4 is 10.5 Å². The molecular weight excluding hydrogens is 214 g/mol. The van der Waals surface area contributed by atoms with Gasteiger partial charge in [0.05, 0.1) is 30.4 Å². The molecular formula is C13H17N3O. The van der Waals surface area contributed by atoms with Gasteiger partial charge in [-0.25, -0.2) is 4.68 Å². The van der Waals surface area contributed by atoms with Gasteiger partial charge in [0.15, 0.2) is 5.75 Å². The number of nitrogens with zero attached hydrogens (tertiary/aromatic N) is 2. The van der Waals surface area contributed by atoms with Crippen molar-refractivity contribution >= 4 is 5.69 Å². The number of benzene rings is 1. The number of aromatic nitrogens is 2. The van der Waals surface area contributed by atoms with Crippen LogP contribution in [0.3, 0.4) is 0 Å². The Hall–Kier alpha value is -1.97. The van der Waals surface area contributed by atoms with E-state index in [0.717, 1.165) is 29.1 Å². The van der Waals surface area contributed by atoms with Crippen molar-refractivity contribution in [3.8, 4) is 11.4 Å². The molecule has 1 aromatic heterocycles. The van der Waals surface area contributed by atoms with Gasteiger partial charge >= 0.3 is 0 Å². The zero-order chi connectivity index (χ0) is 12.3. The van der Waals surface area contributed by atoms with Crippen molar-refractivity contribution in [3.05, 3.63) is 36.2 Å². The van der Waals surface area contributed by atoms with Crippen LogP contribution in [0.1, 0.15) is 18.9 Å². The first-order valence-electron chi connectivity index (χ1n) is 5.75. The second kappa shape index (κ2) is 4.91. The van der Waals surface area contributed by atoms with Crippen LogP contribution >= 0.6 is 0 Å². The summed E-state index contributed by atoms with van der Waals surface area (Å²) in [6.45, 7) is 4.79. The monoisotopic (exact) mass is 231 g/mol. The number of para-hydroxylation sites is 1. The van der Waals surface area contributed by atoms with Crippen LogP contribution in [-0.4, -0.2) is 16.4 Å². The smallest absolute Gasteiger partial charge is 0.157 e. The van der Waals surface area contributed by atoms with Crippen molar-refractivity contribution in [3.63, 3.8) is 0 Å². The second-order valence-corrected chi connectivity index (χ2v) is 3.98. The van der Waals surface area contributed by atoms with E-state index in [1.165, 1.54) is 0 Å². The van der Waals surface area contributed by atoms with E-state index in [0.29, 0.717) is 6.61 Å². The van der Waals surface area contributed by atoms with Crippen LogP contribution in [0.15, 0.2) is 30.6 Å². The number of ether oxygens (including phenoxy) is 1. The average Bonchev–Trinajstić information content (AvgIpc) is 2.75. The fraction of sp³-hybridized carbons (Fsp3) is 0.308. The molecule has 0 aliphatic carbocycles. The Morgan fingerprint density at radius 1 is 1.41 bits per heavy atom. The summed E-state index contributed by atoms with van der Waals surface area (Å²) in [5.41, 5.74) is 8.69. The van der Waals surface area contributed by atoms with Crippen molar-refractivity contribution in [2.45, 2.75) is 20.3 Å². The summed E-state index contributed by atoms with van der Waals surface area (Å²) in [6.07, 6.45) is 4.55. The molecule has 4 heteroatoms. The Kier molecular flexibility index (Phi) is 3.32. The van der Waals surface area contributed by atoms with E-state index in [1.54, 1.807) is 10.9 Å². The van der Waals surface area contributed by atoms with Crippen molar-refractivity contribution < 1.29 is 4.74 Å². The van der Waals surface area contributed by atoms with Gasteiger partial charge in [0, 0.05) is 0 Å². The lowest BCUT2D eigenvalue weighted by Crippen LogP contribution is -2.02. The third-order valence-electron chi connectivity index (χ3n) is 2.53. The number of aryl methyl sites for hydroxylation is 1. The summed E-state index contributed by atoms with van der Waals surface area (Å²) in [7, 11) is 0. The van der Waals surface area contributed by atoms with E-state index in [1.807, 2.05) is 31.3 Å². The van der Waals surface area contributed by atoms with Crippen LogP contribution in [0.4, 0.5) is 5.69 Å². The topological polar surface area (TPSA) is 53.1 Å². The van der Waals surface area contributed by atoms with E-state index in [-0.39, 0.29) is 0 Å². The summed E-state index contributed by atoms with van der Waals surface area (Å²) >= 11 is 0. The Bertz CT molecular complexity index is 485. The molecule has 0 aliphatic heterocycles. The standard InChI is InChI=1S/C13H17N3O/c1-3-7-17-11-8-15-16(9-11)13-10(2)5-4-6-12(13)14/h4-6,8-9H,3,7,14H2,1-2H3. The zero-order valence-corrected chi connectivity index (χ0v) is 10.2. The van der Waals surface area contributed by atoms with E-state index in [2.05, 4.69) is 12.0 Å². The Morgan fingerprint density at radius 3 is 2.94 bits per heavy atom. The van der Waals surface area contributed by atoms with E-state index < -0.39 is 0 Å². The zero-order valence-electron chi connectivity index (χ0n) is 10.2. The van der Waals surface area contributed by atoms with Gasteiger partial charge in [-0.15, -0.1) is 0 Å². The fourth-order valence-electron chi connectivity index (χ4n) is 1.72. The molecule has 0 atom stereocenters. The van der Waals surface area contributed by atoms with E-state index >= 15 is 0 Å². The molecule has 0 spiro atoms. The Balaban J connectivity index is 2.30. The SMILES string of the molecule is CCCOc1cnn(-c2c(C)cccc2N)c1. The lowest BCUT2D eigenvalue weighted by molar-refractivity contribution is 0.317. The predicted octanol–water partition coefficient (Wildman–Crippen LogP) is 2.55. The van der Waals surface area contributed by atoms with Gasteiger partial charge in [-0.1, -0.05) is 19.1 Å². The minimum absolute atomic E-state index is 0.703. The van der Waals surface area contributed by atoms with Crippen molar-refractivity contribution in [1.29, 1.82) is 0 Å². The lowest BCUT2D eigenvalue weighted by Gasteiger charge is -2.08. The van der Waals surface area contributed by atoms with Gasteiger partial charge < -0.3 is 10.5 Å². The quantitative estimate of drug-likeness (QED) is 0.823. The third kappa shape index (κ3) is 2.41. The van der Waals surface area contributed by atoms with Crippen LogP contribution in [0.5, 0.6) is 5.75 Å². The van der Waals surface area contributed by atoms with E-state index in [4.69, 9.17) is 10.5 Å². The fourth-order valence-corrected chi connectivity index (χ4v) is 1.72. The largest absolute Gasteiger partial charge is 0.490 e. The van der Waals surface area contributed by atoms with Gasteiger partial charge in [-0.05, 0) is 25.0 Å².